The van der Waals surface area contributed by atoms with Crippen molar-refractivity contribution < 1.29 is 19.1 Å². The molecule has 0 aliphatic heterocycles. The minimum absolute atomic E-state index is 0.0667. The summed E-state index contributed by atoms with van der Waals surface area (Å²) < 4.78 is 12.9. The highest BCUT2D eigenvalue weighted by molar-refractivity contribution is 9.11. The predicted molar refractivity (Wildman–Crippen MR) is 146 cm³/mol. The van der Waals surface area contributed by atoms with Crippen LogP contribution in [0.3, 0.4) is 0 Å². The SMILES string of the molecule is O=C(COc1ccc2cc(Br)ccc2c1Br)NNC(=S)NC(=O)COc1ccc2ccccc2c1. The fourth-order valence-electron chi connectivity index (χ4n) is 3.26. The molecular weight excluding hydrogens is 598 g/mol. The topological polar surface area (TPSA) is 88.7 Å². The molecular formula is C25H19Br2N3O4S. The molecule has 4 aromatic rings. The van der Waals surface area contributed by atoms with Crippen LogP contribution in [-0.4, -0.2) is 30.1 Å². The van der Waals surface area contributed by atoms with Gasteiger partial charge in [0.05, 0.1) is 4.47 Å². The van der Waals surface area contributed by atoms with E-state index in [1.807, 2.05) is 60.7 Å². The molecule has 2 amide bonds. The molecule has 0 heterocycles. The maximum absolute atomic E-state index is 12.1. The van der Waals surface area contributed by atoms with Crippen molar-refractivity contribution in [3.05, 3.63) is 81.7 Å². The highest BCUT2D eigenvalue weighted by Gasteiger charge is 2.11. The average Bonchev–Trinajstić information content (AvgIpc) is 2.85. The van der Waals surface area contributed by atoms with Gasteiger partial charge in [-0.3, -0.25) is 25.8 Å². The monoisotopic (exact) mass is 615 g/mol. The molecule has 0 fully saturated rings. The molecule has 0 aliphatic rings. The Labute approximate surface area is 223 Å². The van der Waals surface area contributed by atoms with Crippen LogP contribution in [0.1, 0.15) is 0 Å². The number of fused-ring (bicyclic) bond motifs is 2. The fraction of sp³-hybridized carbons (Fsp3) is 0.0800. The summed E-state index contributed by atoms with van der Waals surface area (Å²) in [5.41, 5.74) is 4.85. The number of hydrazine groups is 1. The summed E-state index contributed by atoms with van der Waals surface area (Å²) in [6.45, 7) is -0.487. The number of carbonyl (C=O) groups is 2. The molecule has 10 heteroatoms. The van der Waals surface area contributed by atoms with E-state index in [-0.39, 0.29) is 18.3 Å². The van der Waals surface area contributed by atoms with Crippen LogP contribution in [0.2, 0.25) is 0 Å². The van der Waals surface area contributed by atoms with Crippen molar-refractivity contribution in [2.75, 3.05) is 13.2 Å². The van der Waals surface area contributed by atoms with Gasteiger partial charge in [-0.05, 0) is 80.0 Å². The lowest BCUT2D eigenvalue weighted by Crippen LogP contribution is -2.50. The Hall–Kier alpha value is -3.21. The highest BCUT2D eigenvalue weighted by Crippen LogP contribution is 2.34. The molecule has 178 valence electrons. The summed E-state index contributed by atoms with van der Waals surface area (Å²) in [5.74, 6) is 0.150. The summed E-state index contributed by atoms with van der Waals surface area (Å²) in [6.07, 6.45) is 0. The molecule has 3 N–H and O–H groups in total. The largest absolute Gasteiger partial charge is 0.484 e. The first kappa shape index (κ1) is 24.9. The number of hydrogen-bond donors (Lipinski definition) is 3. The van der Waals surface area contributed by atoms with Gasteiger partial charge in [-0.15, -0.1) is 0 Å². The first-order valence-electron chi connectivity index (χ1n) is 10.4. The van der Waals surface area contributed by atoms with Gasteiger partial charge in [-0.1, -0.05) is 58.4 Å². The number of halogens is 2. The third-order valence-corrected chi connectivity index (χ3v) is 6.41. The van der Waals surface area contributed by atoms with Crippen LogP contribution in [0, 0.1) is 0 Å². The standard InChI is InChI=1S/C25H19Br2N3O4S/c26-18-7-9-20-17(11-18)6-10-21(24(20)27)34-14-23(32)29-30-25(35)28-22(31)13-33-19-8-5-15-3-1-2-4-16(15)12-19/h1-12H,13-14H2,(H,29,32)(H2,28,30,31,35). The van der Waals surface area contributed by atoms with Gasteiger partial charge in [0.25, 0.3) is 11.8 Å². The third-order valence-electron chi connectivity index (χ3n) is 4.90. The van der Waals surface area contributed by atoms with Crippen LogP contribution >= 0.6 is 44.1 Å². The number of nitrogens with one attached hydrogen (secondary N) is 3. The van der Waals surface area contributed by atoms with Crippen molar-refractivity contribution in [3.63, 3.8) is 0 Å². The van der Waals surface area contributed by atoms with E-state index >= 15 is 0 Å². The van der Waals surface area contributed by atoms with Crippen LogP contribution in [-0.2, 0) is 9.59 Å². The molecule has 35 heavy (non-hydrogen) atoms. The van der Waals surface area contributed by atoms with Gasteiger partial charge >= 0.3 is 0 Å². The number of carbonyl (C=O) groups excluding carboxylic acids is 2. The van der Waals surface area contributed by atoms with Gasteiger partial charge in [0, 0.05) is 4.47 Å². The Morgan fingerprint density at radius 2 is 1.51 bits per heavy atom. The Balaban J connectivity index is 1.20. The Morgan fingerprint density at radius 3 is 2.34 bits per heavy atom. The number of rotatable bonds is 6. The van der Waals surface area contributed by atoms with E-state index in [4.69, 9.17) is 21.7 Å². The Bertz CT molecular complexity index is 1430. The van der Waals surface area contributed by atoms with E-state index in [2.05, 4.69) is 48.0 Å². The van der Waals surface area contributed by atoms with Crippen LogP contribution in [0.4, 0.5) is 0 Å². The summed E-state index contributed by atoms with van der Waals surface area (Å²) in [5, 5.41) is 6.44. The number of amides is 2. The van der Waals surface area contributed by atoms with E-state index in [0.29, 0.717) is 11.5 Å². The molecule has 4 aromatic carbocycles. The molecule has 0 radical (unpaired) electrons. The van der Waals surface area contributed by atoms with Crippen LogP contribution in [0.5, 0.6) is 11.5 Å². The Kier molecular flexibility index (Phi) is 8.17. The van der Waals surface area contributed by atoms with Crippen LogP contribution < -0.4 is 25.6 Å². The normalized spacial score (nSPS) is 10.6. The maximum atomic E-state index is 12.1. The second-order valence-electron chi connectivity index (χ2n) is 7.38. The molecule has 7 nitrogen and oxygen atoms in total. The molecule has 0 spiro atoms. The molecule has 0 aromatic heterocycles. The van der Waals surface area contributed by atoms with E-state index in [9.17, 15) is 9.59 Å². The lowest BCUT2D eigenvalue weighted by molar-refractivity contribution is -0.124. The highest BCUT2D eigenvalue weighted by atomic mass is 79.9. The summed E-state index contributed by atoms with van der Waals surface area (Å²) >= 11 is 12.0. The van der Waals surface area contributed by atoms with Gasteiger partial charge in [0.15, 0.2) is 18.3 Å². The number of thiocarbonyl (C=S) groups is 1. The molecule has 0 unspecified atom stereocenters. The van der Waals surface area contributed by atoms with Crippen molar-refractivity contribution >= 4 is 82.5 Å². The fourth-order valence-corrected chi connectivity index (χ4v) is 4.41. The molecule has 0 saturated carbocycles. The summed E-state index contributed by atoms with van der Waals surface area (Å²) in [4.78, 5) is 24.2. The smallest absolute Gasteiger partial charge is 0.276 e. The molecule has 0 bridgehead atoms. The first-order chi connectivity index (χ1) is 16.9. The van der Waals surface area contributed by atoms with E-state index in [1.54, 1.807) is 12.1 Å². The average molecular weight is 617 g/mol. The summed E-state index contributed by atoms with van der Waals surface area (Å²) in [6, 6.07) is 23.0. The van der Waals surface area contributed by atoms with Gasteiger partial charge in [-0.25, -0.2) is 0 Å². The zero-order valence-electron chi connectivity index (χ0n) is 18.1. The van der Waals surface area contributed by atoms with E-state index in [0.717, 1.165) is 30.5 Å². The third kappa shape index (κ3) is 6.68. The van der Waals surface area contributed by atoms with Gasteiger partial charge in [0.1, 0.15) is 11.5 Å². The molecule has 0 aliphatic carbocycles. The van der Waals surface area contributed by atoms with E-state index < -0.39 is 11.8 Å². The van der Waals surface area contributed by atoms with Gasteiger partial charge in [-0.2, -0.15) is 0 Å². The molecule has 4 rings (SSSR count). The lowest BCUT2D eigenvalue weighted by Gasteiger charge is -2.13. The van der Waals surface area contributed by atoms with Crippen molar-refractivity contribution in [3.8, 4) is 11.5 Å². The van der Waals surface area contributed by atoms with Crippen molar-refractivity contribution in [1.82, 2.24) is 16.2 Å². The Morgan fingerprint density at radius 1 is 0.771 bits per heavy atom. The minimum atomic E-state index is -0.475. The molecule has 0 saturated heterocycles. The second-order valence-corrected chi connectivity index (χ2v) is 9.50. The zero-order valence-corrected chi connectivity index (χ0v) is 22.1. The molecule has 0 atom stereocenters. The second kappa shape index (κ2) is 11.5. The van der Waals surface area contributed by atoms with Crippen LogP contribution in [0.15, 0.2) is 81.7 Å². The van der Waals surface area contributed by atoms with E-state index in [1.165, 1.54) is 0 Å². The van der Waals surface area contributed by atoms with Crippen LogP contribution in [0.25, 0.3) is 21.5 Å². The van der Waals surface area contributed by atoms with Crippen molar-refractivity contribution in [1.29, 1.82) is 0 Å². The van der Waals surface area contributed by atoms with Crippen molar-refractivity contribution in [2.24, 2.45) is 0 Å². The number of benzene rings is 4. The number of hydrogen-bond acceptors (Lipinski definition) is 5. The first-order valence-corrected chi connectivity index (χ1v) is 12.4. The zero-order chi connectivity index (χ0) is 24.8. The van der Waals surface area contributed by atoms with Crippen molar-refractivity contribution in [2.45, 2.75) is 0 Å². The predicted octanol–water partition coefficient (Wildman–Crippen LogP) is 5.00. The number of ether oxygens (including phenoxy) is 2. The summed E-state index contributed by atoms with van der Waals surface area (Å²) in [7, 11) is 0. The lowest BCUT2D eigenvalue weighted by atomic mass is 10.1. The minimum Gasteiger partial charge on any atom is -0.484 e. The maximum Gasteiger partial charge on any atom is 0.276 e. The van der Waals surface area contributed by atoms with Gasteiger partial charge in [0.2, 0.25) is 0 Å². The van der Waals surface area contributed by atoms with Gasteiger partial charge < -0.3 is 9.47 Å². The quantitative estimate of drug-likeness (QED) is 0.209.